The zero-order chi connectivity index (χ0) is 17.0. The third-order valence-corrected chi connectivity index (χ3v) is 4.34. The molecule has 5 nitrogen and oxygen atoms in total. The van der Waals surface area contributed by atoms with E-state index in [0.717, 1.165) is 17.6 Å². The van der Waals surface area contributed by atoms with E-state index in [-0.39, 0.29) is 22.8 Å². The van der Waals surface area contributed by atoms with Crippen molar-refractivity contribution in [1.82, 2.24) is 0 Å². The largest absolute Gasteiger partial charge is 0.478 e. The van der Waals surface area contributed by atoms with E-state index < -0.39 is 18.4 Å². The van der Waals surface area contributed by atoms with Crippen molar-refractivity contribution in [2.45, 2.75) is 39.1 Å². The van der Waals surface area contributed by atoms with Gasteiger partial charge in [0, 0.05) is 24.3 Å². The van der Waals surface area contributed by atoms with Crippen LogP contribution in [0.4, 0.5) is 8.78 Å². The molecule has 0 aromatic heterocycles. The van der Waals surface area contributed by atoms with Gasteiger partial charge in [-0.1, -0.05) is 13.8 Å². The van der Waals surface area contributed by atoms with Gasteiger partial charge in [0.25, 0.3) is 5.79 Å². The monoisotopic (exact) mass is 348 g/mol. The molecule has 0 atom stereocenters. The summed E-state index contributed by atoms with van der Waals surface area (Å²) in [4.78, 5) is 11.2. The van der Waals surface area contributed by atoms with Gasteiger partial charge in [0.05, 0.1) is 0 Å². The van der Waals surface area contributed by atoms with Crippen LogP contribution < -0.4 is 14.2 Å². The summed E-state index contributed by atoms with van der Waals surface area (Å²) >= 11 is 1.73. The van der Waals surface area contributed by atoms with Crippen molar-refractivity contribution in [3.8, 4) is 17.2 Å². The molecular weight excluding hydrogens is 330 g/mol. The third kappa shape index (κ3) is 3.63. The fraction of sp³-hybridized carbons (Fsp3) is 0.533. The number of carboxylic acids is 1. The quantitative estimate of drug-likeness (QED) is 0.890. The highest BCUT2D eigenvalue weighted by Gasteiger charge is 2.46. The summed E-state index contributed by atoms with van der Waals surface area (Å²) in [6.45, 7) is 0.979. The number of rotatable bonds is 3. The average Bonchev–Trinajstić information content (AvgIpc) is 2.88. The van der Waals surface area contributed by atoms with Gasteiger partial charge in [-0.25, -0.2) is 4.79 Å². The number of hydrogen-bond acceptors (Lipinski definition) is 5. The topological polar surface area (TPSA) is 65.0 Å². The molecule has 0 radical (unpaired) electrons. The van der Waals surface area contributed by atoms with E-state index in [1.165, 1.54) is 6.07 Å². The molecule has 0 saturated carbocycles. The van der Waals surface area contributed by atoms with Crippen LogP contribution in [-0.2, 0) is 0 Å². The smallest absolute Gasteiger partial charge is 0.387 e. The molecule has 0 amide bonds. The highest BCUT2D eigenvalue weighted by molar-refractivity contribution is 7.99. The van der Waals surface area contributed by atoms with Crippen molar-refractivity contribution >= 4 is 17.7 Å². The van der Waals surface area contributed by atoms with Gasteiger partial charge in [-0.2, -0.15) is 20.5 Å². The van der Waals surface area contributed by atoms with Crippen LogP contribution in [0.2, 0.25) is 0 Å². The molecule has 0 unspecified atom stereocenters. The SMILES string of the molecule is CC.O=C(O)c1ccc(OC(F)F)c2c1OC1(CCSCC1)O2. The van der Waals surface area contributed by atoms with Crippen molar-refractivity contribution in [3.63, 3.8) is 0 Å². The van der Waals surface area contributed by atoms with Crippen molar-refractivity contribution < 1.29 is 32.9 Å². The van der Waals surface area contributed by atoms with E-state index in [9.17, 15) is 18.7 Å². The Morgan fingerprint density at radius 1 is 1.26 bits per heavy atom. The number of carboxylic acid groups (broad SMARTS) is 1. The molecule has 1 aromatic carbocycles. The van der Waals surface area contributed by atoms with Crippen LogP contribution in [0, 0.1) is 0 Å². The van der Waals surface area contributed by atoms with Crippen molar-refractivity contribution in [3.05, 3.63) is 17.7 Å². The summed E-state index contributed by atoms with van der Waals surface area (Å²) in [6, 6.07) is 2.34. The molecule has 1 N–H and O–H groups in total. The maximum Gasteiger partial charge on any atom is 0.387 e. The van der Waals surface area contributed by atoms with Gasteiger partial charge >= 0.3 is 12.6 Å². The Balaban J connectivity index is 0.000000924. The van der Waals surface area contributed by atoms with Crippen LogP contribution in [0.25, 0.3) is 0 Å². The number of aromatic carboxylic acids is 1. The number of fused-ring (bicyclic) bond motifs is 1. The second-order valence-corrected chi connectivity index (χ2v) is 5.91. The second kappa shape index (κ2) is 7.25. The predicted octanol–water partition coefficient (Wildman–Crippen LogP) is 4.01. The molecular formula is C15H18F2O5S. The van der Waals surface area contributed by atoms with Gasteiger partial charge in [-0.15, -0.1) is 0 Å². The third-order valence-electron chi connectivity index (χ3n) is 3.35. The highest BCUT2D eigenvalue weighted by atomic mass is 32.2. The molecule has 1 fully saturated rings. The van der Waals surface area contributed by atoms with E-state index in [4.69, 9.17) is 9.47 Å². The number of alkyl halides is 2. The van der Waals surface area contributed by atoms with Gasteiger partial charge in [0.15, 0.2) is 11.5 Å². The van der Waals surface area contributed by atoms with Crippen LogP contribution >= 0.6 is 11.8 Å². The Bertz CT molecular complexity index is 573. The van der Waals surface area contributed by atoms with Crippen LogP contribution in [0.5, 0.6) is 17.2 Å². The Morgan fingerprint density at radius 3 is 2.43 bits per heavy atom. The average molecular weight is 348 g/mol. The van der Waals surface area contributed by atoms with Gasteiger partial charge in [-0.3, -0.25) is 0 Å². The van der Waals surface area contributed by atoms with Crippen LogP contribution in [-0.4, -0.2) is 35.0 Å². The fourth-order valence-corrected chi connectivity index (χ4v) is 3.49. The normalized spacial score (nSPS) is 17.6. The minimum absolute atomic E-state index is 0.0347. The number of carbonyl (C=O) groups is 1. The van der Waals surface area contributed by atoms with Crippen LogP contribution in [0.1, 0.15) is 37.0 Å². The highest BCUT2D eigenvalue weighted by Crippen LogP contribution is 2.51. The molecule has 0 aliphatic carbocycles. The molecule has 1 spiro atoms. The first kappa shape index (κ1) is 17.7. The Kier molecular flexibility index (Phi) is 5.56. The van der Waals surface area contributed by atoms with Crippen molar-refractivity contribution in [1.29, 1.82) is 0 Å². The first-order valence-corrected chi connectivity index (χ1v) is 8.47. The van der Waals surface area contributed by atoms with Gasteiger partial charge in [-0.05, 0) is 12.1 Å². The lowest BCUT2D eigenvalue weighted by Gasteiger charge is -2.31. The number of hydrogen-bond donors (Lipinski definition) is 1. The van der Waals surface area contributed by atoms with E-state index >= 15 is 0 Å². The molecule has 2 aliphatic rings. The van der Waals surface area contributed by atoms with E-state index in [2.05, 4.69) is 4.74 Å². The van der Waals surface area contributed by atoms with Gasteiger partial charge < -0.3 is 19.3 Å². The molecule has 23 heavy (non-hydrogen) atoms. The zero-order valence-electron chi connectivity index (χ0n) is 12.8. The maximum atomic E-state index is 12.4. The molecule has 1 saturated heterocycles. The minimum Gasteiger partial charge on any atom is -0.478 e. The minimum atomic E-state index is -3.02. The summed E-state index contributed by atoms with van der Waals surface area (Å²) in [5.74, 6) is -0.891. The summed E-state index contributed by atoms with van der Waals surface area (Å²) in [7, 11) is 0. The zero-order valence-corrected chi connectivity index (χ0v) is 13.6. The molecule has 2 heterocycles. The lowest BCUT2D eigenvalue weighted by atomic mass is 10.1. The summed E-state index contributed by atoms with van der Waals surface area (Å²) < 4.78 is 40.7. The number of thioether (sulfide) groups is 1. The maximum absolute atomic E-state index is 12.4. The molecule has 8 heteroatoms. The van der Waals surface area contributed by atoms with E-state index in [1.807, 2.05) is 13.8 Å². The Morgan fingerprint density at radius 2 is 1.87 bits per heavy atom. The predicted molar refractivity (Wildman–Crippen MR) is 81.9 cm³/mol. The lowest BCUT2D eigenvalue weighted by Crippen LogP contribution is -2.42. The first-order chi connectivity index (χ1) is 11.0. The standard InChI is InChI=1S/C13H12F2O5S.C2H6/c14-12(15)18-8-2-1-7(11(16)17)9-10(8)20-13(19-9)3-5-21-6-4-13;1-2/h1-2,12H,3-6H2,(H,16,17);1-2H3. The molecule has 128 valence electrons. The second-order valence-electron chi connectivity index (χ2n) is 4.68. The molecule has 1 aromatic rings. The van der Waals surface area contributed by atoms with E-state index in [1.54, 1.807) is 11.8 Å². The van der Waals surface area contributed by atoms with Crippen molar-refractivity contribution in [2.75, 3.05) is 11.5 Å². The number of ether oxygens (including phenoxy) is 3. The fourth-order valence-electron chi connectivity index (χ4n) is 2.38. The number of benzene rings is 1. The first-order valence-electron chi connectivity index (χ1n) is 7.32. The summed E-state index contributed by atoms with van der Waals surface area (Å²) in [5.41, 5.74) is -0.123. The molecule has 3 rings (SSSR count). The summed E-state index contributed by atoms with van der Waals surface area (Å²) in [5, 5.41) is 9.18. The van der Waals surface area contributed by atoms with Crippen LogP contribution in [0.15, 0.2) is 12.1 Å². The Hall–Kier alpha value is -1.70. The van der Waals surface area contributed by atoms with E-state index in [0.29, 0.717) is 12.8 Å². The molecule has 2 aliphatic heterocycles. The summed E-state index contributed by atoms with van der Waals surface area (Å²) in [6.07, 6.45) is 1.11. The number of halogens is 2. The van der Waals surface area contributed by atoms with Crippen LogP contribution in [0.3, 0.4) is 0 Å². The van der Waals surface area contributed by atoms with Gasteiger partial charge in [0.2, 0.25) is 5.75 Å². The molecule has 0 bridgehead atoms. The lowest BCUT2D eigenvalue weighted by molar-refractivity contribution is -0.0894. The Labute approximate surface area is 136 Å². The van der Waals surface area contributed by atoms with Crippen molar-refractivity contribution in [2.24, 2.45) is 0 Å². The van der Waals surface area contributed by atoms with Gasteiger partial charge in [0.1, 0.15) is 5.56 Å².